The van der Waals surface area contributed by atoms with Gasteiger partial charge in [-0.3, -0.25) is 4.79 Å². The molecule has 0 radical (unpaired) electrons. The van der Waals surface area contributed by atoms with Gasteiger partial charge in [-0.2, -0.15) is 12.6 Å². The summed E-state index contributed by atoms with van der Waals surface area (Å²) in [6.45, 7) is 0.625. The van der Waals surface area contributed by atoms with Crippen LogP contribution >= 0.6 is 24.0 Å². The van der Waals surface area contributed by atoms with E-state index in [9.17, 15) is 4.79 Å². The van der Waals surface area contributed by atoms with Gasteiger partial charge in [0.25, 0.3) is 0 Å². The van der Waals surface area contributed by atoms with Gasteiger partial charge in [-0.15, -0.1) is 11.3 Å². The van der Waals surface area contributed by atoms with Crippen molar-refractivity contribution in [3.8, 4) is 5.75 Å². The van der Waals surface area contributed by atoms with Gasteiger partial charge in [-0.1, -0.05) is 12.1 Å². The number of hydrogen-bond acceptors (Lipinski definition) is 4. The van der Waals surface area contributed by atoms with Crippen LogP contribution in [0, 0.1) is 0 Å². The van der Waals surface area contributed by atoms with Crippen LogP contribution < -0.4 is 10.2 Å². The zero-order valence-electron chi connectivity index (χ0n) is 10.8. The summed E-state index contributed by atoms with van der Waals surface area (Å²) in [4.78, 5) is 12.5. The Labute approximate surface area is 126 Å². The predicted molar refractivity (Wildman–Crippen MR) is 89.6 cm³/mol. The molecule has 0 amide bonds. The van der Waals surface area contributed by atoms with E-state index in [0.717, 1.165) is 38.1 Å². The molecule has 3 aromatic rings. The van der Waals surface area contributed by atoms with Crippen LogP contribution in [0.3, 0.4) is 0 Å². The van der Waals surface area contributed by atoms with Crippen LogP contribution in [0.4, 0.5) is 0 Å². The molecule has 0 aliphatic heterocycles. The molecule has 1 heterocycles. The molecule has 0 aliphatic carbocycles. The lowest BCUT2D eigenvalue weighted by Crippen LogP contribution is -2.02. The molecule has 1 aromatic heterocycles. The standard InChI is InChI=1S/C16H14O2S2/c17-16-12-4-1-2-5-14(12)20-15-7-6-11(10-13(15)16)18-8-3-9-19/h1-2,4-7,10,19H,3,8-9H2. The zero-order valence-corrected chi connectivity index (χ0v) is 12.5. The van der Waals surface area contributed by atoms with Gasteiger partial charge >= 0.3 is 0 Å². The molecule has 0 spiro atoms. The minimum absolute atomic E-state index is 0.0778. The molecule has 0 saturated heterocycles. The molecule has 2 nitrogen and oxygen atoms in total. The molecule has 0 atom stereocenters. The van der Waals surface area contributed by atoms with E-state index in [4.69, 9.17) is 4.74 Å². The van der Waals surface area contributed by atoms with Gasteiger partial charge in [0.2, 0.25) is 0 Å². The van der Waals surface area contributed by atoms with Gasteiger partial charge in [0.15, 0.2) is 5.43 Å². The number of fused-ring (bicyclic) bond motifs is 2. The number of rotatable bonds is 4. The summed E-state index contributed by atoms with van der Waals surface area (Å²) in [5, 5.41) is 1.51. The fraction of sp³-hybridized carbons (Fsp3) is 0.188. The molecular formula is C16H14O2S2. The quantitative estimate of drug-likeness (QED) is 0.446. The molecule has 20 heavy (non-hydrogen) atoms. The van der Waals surface area contributed by atoms with Gasteiger partial charge in [0.1, 0.15) is 5.75 Å². The molecule has 0 N–H and O–H groups in total. The minimum atomic E-state index is 0.0778. The van der Waals surface area contributed by atoms with Crippen molar-refractivity contribution in [2.24, 2.45) is 0 Å². The van der Waals surface area contributed by atoms with Gasteiger partial charge in [0.05, 0.1) is 6.61 Å². The average molecular weight is 302 g/mol. The number of hydrogen-bond donors (Lipinski definition) is 1. The first-order valence-electron chi connectivity index (χ1n) is 6.49. The third-order valence-corrected chi connectivity index (χ3v) is 4.59. The molecule has 0 unspecified atom stereocenters. The van der Waals surface area contributed by atoms with Crippen molar-refractivity contribution >= 4 is 44.1 Å². The predicted octanol–water partition coefficient (Wildman–Crippen LogP) is 4.11. The van der Waals surface area contributed by atoms with Crippen LogP contribution in [0.5, 0.6) is 5.75 Å². The highest BCUT2D eigenvalue weighted by Crippen LogP contribution is 2.27. The van der Waals surface area contributed by atoms with E-state index in [1.54, 1.807) is 11.3 Å². The normalized spacial score (nSPS) is 11.1. The van der Waals surface area contributed by atoms with Gasteiger partial charge in [0, 0.05) is 20.2 Å². The first-order chi connectivity index (χ1) is 9.79. The fourth-order valence-corrected chi connectivity index (χ4v) is 3.31. The van der Waals surface area contributed by atoms with E-state index in [0.29, 0.717) is 6.61 Å². The van der Waals surface area contributed by atoms with E-state index in [-0.39, 0.29) is 5.43 Å². The lowest BCUT2D eigenvalue weighted by atomic mass is 10.2. The molecule has 102 valence electrons. The summed E-state index contributed by atoms with van der Waals surface area (Å²) < 4.78 is 7.66. The second kappa shape index (κ2) is 5.85. The maximum absolute atomic E-state index is 12.5. The zero-order chi connectivity index (χ0) is 13.9. The lowest BCUT2D eigenvalue weighted by molar-refractivity contribution is 0.319. The van der Waals surface area contributed by atoms with Crippen molar-refractivity contribution in [3.05, 3.63) is 52.7 Å². The van der Waals surface area contributed by atoms with Gasteiger partial charge in [-0.25, -0.2) is 0 Å². The van der Waals surface area contributed by atoms with Crippen LogP contribution in [0.2, 0.25) is 0 Å². The Morgan fingerprint density at radius 3 is 2.70 bits per heavy atom. The van der Waals surface area contributed by atoms with E-state index in [1.165, 1.54) is 0 Å². The molecule has 4 heteroatoms. The third-order valence-electron chi connectivity index (χ3n) is 3.12. The Kier molecular flexibility index (Phi) is 3.94. The molecular weight excluding hydrogens is 288 g/mol. The SMILES string of the molecule is O=c1c2ccccc2sc2ccc(OCCCS)cc12. The van der Waals surface area contributed by atoms with Gasteiger partial charge in [-0.05, 0) is 42.5 Å². The van der Waals surface area contributed by atoms with Crippen molar-refractivity contribution < 1.29 is 4.74 Å². The molecule has 0 fully saturated rings. The summed E-state index contributed by atoms with van der Waals surface area (Å²) in [5.74, 6) is 1.55. The maximum Gasteiger partial charge on any atom is 0.196 e. The number of benzene rings is 2. The molecule has 0 aliphatic rings. The average Bonchev–Trinajstić information content (AvgIpc) is 2.48. The summed E-state index contributed by atoms with van der Waals surface area (Å²) in [7, 11) is 0. The molecule has 0 saturated carbocycles. The third kappa shape index (κ3) is 2.53. The van der Waals surface area contributed by atoms with E-state index in [2.05, 4.69) is 12.6 Å². The summed E-state index contributed by atoms with van der Waals surface area (Å²) in [6, 6.07) is 13.4. The number of thiol groups is 1. The molecule has 0 bridgehead atoms. The van der Waals surface area contributed by atoms with Crippen molar-refractivity contribution in [3.63, 3.8) is 0 Å². The first-order valence-corrected chi connectivity index (χ1v) is 7.94. The highest BCUT2D eigenvalue weighted by Gasteiger charge is 2.06. The highest BCUT2D eigenvalue weighted by molar-refractivity contribution is 7.80. The highest BCUT2D eigenvalue weighted by atomic mass is 32.1. The van der Waals surface area contributed by atoms with E-state index >= 15 is 0 Å². The van der Waals surface area contributed by atoms with Crippen molar-refractivity contribution in [1.82, 2.24) is 0 Å². The van der Waals surface area contributed by atoms with E-state index in [1.807, 2.05) is 42.5 Å². The van der Waals surface area contributed by atoms with Crippen molar-refractivity contribution in [2.75, 3.05) is 12.4 Å². The fourth-order valence-electron chi connectivity index (χ4n) is 2.13. The minimum Gasteiger partial charge on any atom is -0.494 e. The Hall–Kier alpha value is -1.52. The number of ether oxygens (including phenoxy) is 1. The Bertz CT molecular complexity index is 808. The Balaban J connectivity index is 2.11. The second-order valence-electron chi connectivity index (χ2n) is 4.51. The Morgan fingerprint density at radius 2 is 1.85 bits per heavy atom. The monoisotopic (exact) mass is 302 g/mol. The summed E-state index contributed by atoms with van der Waals surface area (Å²) in [6.07, 6.45) is 0.895. The largest absolute Gasteiger partial charge is 0.494 e. The van der Waals surface area contributed by atoms with Crippen molar-refractivity contribution in [2.45, 2.75) is 6.42 Å². The molecule has 3 rings (SSSR count). The Morgan fingerprint density at radius 1 is 1.05 bits per heavy atom. The van der Waals surface area contributed by atoms with E-state index < -0.39 is 0 Å². The summed E-state index contributed by atoms with van der Waals surface area (Å²) in [5.41, 5.74) is 0.0778. The topological polar surface area (TPSA) is 26.3 Å². The van der Waals surface area contributed by atoms with Gasteiger partial charge < -0.3 is 4.74 Å². The molecule has 2 aromatic carbocycles. The van der Waals surface area contributed by atoms with Crippen LogP contribution in [-0.2, 0) is 0 Å². The van der Waals surface area contributed by atoms with Crippen molar-refractivity contribution in [1.29, 1.82) is 0 Å². The first kappa shape index (κ1) is 13.5. The van der Waals surface area contributed by atoms with Crippen LogP contribution in [0.1, 0.15) is 6.42 Å². The lowest BCUT2D eigenvalue weighted by Gasteiger charge is -2.06. The van der Waals surface area contributed by atoms with Crippen LogP contribution in [0.15, 0.2) is 47.3 Å². The maximum atomic E-state index is 12.5. The summed E-state index contributed by atoms with van der Waals surface area (Å²) >= 11 is 5.79. The second-order valence-corrected chi connectivity index (χ2v) is 6.04. The smallest absolute Gasteiger partial charge is 0.196 e. The van der Waals surface area contributed by atoms with Crippen LogP contribution in [0.25, 0.3) is 20.2 Å². The van der Waals surface area contributed by atoms with Crippen LogP contribution in [-0.4, -0.2) is 12.4 Å².